The Labute approximate surface area is 175 Å². The van der Waals surface area contributed by atoms with Crippen LogP contribution in [0.4, 0.5) is 13.2 Å². The van der Waals surface area contributed by atoms with E-state index < -0.39 is 25.6 Å². The number of aryl methyl sites for hydroxylation is 1. The van der Waals surface area contributed by atoms with Crippen molar-refractivity contribution in [2.45, 2.75) is 61.9 Å². The molecule has 1 aromatic carbocycles. The average Bonchev–Trinajstić information content (AvgIpc) is 3.07. The second kappa shape index (κ2) is 9.11. The van der Waals surface area contributed by atoms with Gasteiger partial charge in [0.2, 0.25) is 0 Å². The predicted octanol–water partition coefficient (Wildman–Crippen LogP) is 4.45. The number of nitrogens with one attached hydrogen (secondary N) is 2. The molecule has 1 aliphatic heterocycles. The number of hydrogen-bond donors (Lipinski definition) is 2. The zero-order valence-electron chi connectivity index (χ0n) is 16.7. The summed E-state index contributed by atoms with van der Waals surface area (Å²) in [6.07, 6.45) is 2.85. The average molecular weight is 475 g/mol. The van der Waals surface area contributed by atoms with Crippen LogP contribution < -0.4 is 5.32 Å². The van der Waals surface area contributed by atoms with E-state index in [4.69, 9.17) is 4.74 Å². The standard InChI is InChI=1S/C21H27F3N2O2Se/c1-3-14-7-5-8-15-16-9-11-28-20(4-2,19(16)26-18(14)15)13-17(27)25-10-6-12-29-21(22,23)24/h5,7-8,26H,3-4,6,9-13H2,1-2H3,(H,25,27). The van der Waals surface area contributed by atoms with Crippen molar-refractivity contribution in [1.29, 1.82) is 0 Å². The fourth-order valence-corrected chi connectivity index (χ4v) is 5.14. The number of halogens is 3. The molecule has 2 aromatic rings. The Kier molecular flexibility index (Phi) is 6.97. The number of amides is 1. The molecule has 1 aromatic heterocycles. The molecule has 1 amide bonds. The third-order valence-electron chi connectivity index (χ3n) is 5.52. The molecule has 0 spiro atoms. The SMILES string of the molecule is CCc1cccc2c3c([nH]c12)C(CC)(CC(=O)NCCC[Se]C(F)(F)F)OCC3. The van der Waals surface area contributed by atoms with Crippen LogP contribution in [0.2, 0.25) is 5.32 Å². The van der Waals surface area contributed by atoms with Gasteiger partial charge in [0.1, 0.15) is 0 Å². The molecule has 3 rings (SSSR count). The Balaban J connectivity index is 1.73. The summed E-state index contributed by atoms with van der Waals surface area (Å²) in [7, 11) is 0. The quantitative estimate of drug-likeness (QED) is 0.438. The number of hydrogen-bond acceptors (Lipinski definition) is 2. The summed E-state index contributed by atoms with van der Waals surface area (Å²) >= 11 is -1.38. The third-order valence-corrected chi connectivity index (χ3v) is 7.24. The van der Waals surface area contributed by atoms with Gasteiger partial charge in [-0.2, -0.15) is 0 Å². The van der Waals surface area contributed by atoms with Crippen molar-refractivity contribution in [3.8, 4) is 0 Å². The maximum atomic E-state index is 12.6. The molecule has 1 aliphatic rings. The van der Waals surface area contributed by atoms with Gasteiger partial charge in [-0.1, -0.05) is 6.92 Å². The molecule has 160 valence electrons. The number of aromatic amines is 1. The number of carbonyl (C=O) groups excluding carboxylic acids is 1. The summed E-state index contributed by atoms with van der Waals surface area (Å²) in [5.74, 6) is -0.187. The van der Waals surface area contributed by atoms with Gasteiger partial charge in [-0.05, 0) is 0 Å². The molecule has 29 heavy (non-hydrogen) atoms. The maximum absolute atomic E-state index is 12.6. The van der Waals surface area contributed by atoms with Gasteiger partial charge in [0.15, 0.2) is 0 Å². The van der Waals surface area contributed by atoms with Crippen LogP contribution in [0.1, 0.15) is 49.9 Å². The second-order valence-corrected chi connectivity index (χ2v) is 9.73. The first-order valence-electron chi connectivity index (χ1n) is 10.0. The molecule has 1 atom stereocenters. The van der Waals surface area contributed by atoms with Crippen LogP contribution in [0.3, 0.4) is 0 Å². The molecule has 8 heteroatoms. The van der Waals surface area contributed by atoms with Crippen molar-refractivity contribution < 1.29 is 22.7 Å². The molecule has 2 N–H and O–H groups in total. The molecule has 0 radical (unpaired) electrons. The normalized spacial score (nSPS) is 19.3. The van der Waals surface area contributed by atoms with Crippen molar-refractivity contribution in [1.82, 2.24) is 10.3 Å². The Morgan fingerprint density at radius 2 is 2.14 bits per heavy atom. The van der Waals surface area contributed by atoms with Crippen LogP contribution in [-0.4, -0.2) is 44.1 Å². The summed E-state index contributed by atoms with van der Waals surface area (Å²) < 4.78 is 42.9. The minimum atomic E-state index is -4.08. The molecule has 0 saturated carbocycles. The van der Waals surface area contributed by atoms with E-state index in [1.807, 2.05) is 6.92 Å². The van der Waals surface area contributed by atoms with E-state index >= 15 is 0 Å². The number of benzene rings is 1. The van der Waals surface area contributed by atoms with Crippen LogP contribution in [0.15, 0.2) is 18.2 Å². The number of H-pyrrole nitrogens is 1. The van der Waals surface area contributed by atoms with Gasteiger partial charge in [-0.25, -0.2) is 0 Å². The molecular weight excluding hydrogens is 448 g/mol. The fourth-order valence-electron chi connectivity index (χ4n) is 4.05. The zero-order chi connectivity index (χ0) is 21.1. The van der Waals surface area contributed by atoms with Crippen LogP contribution in [0, 0.1) is 0 Å². The minimum absolute atomic E-state index is 0.0815. The first kappa shape index (κ1) is 22.2. The number of ether oxygens (including phenoxy) is 1. The molecule has 0 fully saturated rings. The Morgan fingerprint density at radius 1 is 1.34 bits per heavy atom. The Morgan fingerprint density at radius 3 is 2.83 bits per heavy atom. The first-order chi connectivity index (χ1) is 13.8. The van der Waals surface area contributed by atoms with E-state index in [2.05, 4.69) is 35.4 Å². The zero-order valence-corrected chi connectivity index (χ0v) is 18.5. The summed E-state index contributed by atoms with van der Waals surface area (Å²) in [6, 6.07) is 6.28. The third kappa shape index (κ3) is 4.98. The van der Waals surface area contributed by atoms with Crippen molar-refractivity contribution in [3.63, 3.8) is 0 Å². The van der Waals surface area contributed by atoms with Crippen molar-refractivity contribution in [2.75, 3.05) is 13.2 Å². The van der Waals surface area contributed by atoms with Gasteiger partial charge in [0.25, 0.3) is 0 Å². The van der Waals surface area contributed by atoms with Crippen molar-refractivity contribution in [2.24, 2.45) is 0 Å². The van der Waals surface area contributed by atoms with Gasteiger partial charge < -0.3 is 0 Å². The molecule has 1 unspecified atom stereocenters. The van der Waals surface area contributed by atoms with Gasteiger partial charge in [-0.3, -0.25) is 0 Å². The fraction of sp³-hybridized carbons (Fsp3) is 0.571. The van der Waals surface area contributed by atoms with Gasteiger partial charge in [-0.15, -0.1) is 0 Å². The van der Waals surface area contributed by atoms with Crippen molar-refractivity contribution >= 4 is 31.8 Å². The van der Waals surface area contributed by atoms with Crippen LogP contribution >= 0.6 is 0 Å². The molecule has 0 bridgehead atoms. The first-order valence-corrected chi connectivity index (χ1v) is 12.1. The predicted molar refractivity (Wildman–Crippen MR) is 108 cm³/mol. The van der Waals surface area contributed by atoms with E-state index in [0.29, 0.717) is 19.4 Å². The van der Waals surface area contributed by atoms with E-state index in [0.717, 1.165) is 24.1 Å². The number of alkyl halides is 3. The molecule has 0 aliphatic carbocycles. The van der Waals surface area contributed by atoms with E-state index in [1.165, 1.54) is 16.5 Å². The second-order valence-electron chi connectivity index (χ2n) is 7.29. The summed E-state index contributed by atoms with van der Waals surface area (Å²) in [5.41, 5.74) is 3.80. The number of para-hydroxylation sites is 1. The molecule has 4 nitrogen and oxygen atoms in total. The Hall–Kier alpha value is -1.50. The van der Waals surface area contributed by atoms with E-state index in [-0.39, 0.29) is 24.2 Å². The molecular formula is C21H27F3N2O2Se. The summed E-state index contributed by atoms with van der Waals surface area (Å²) in [5, 5.41) is -0.0369. The topological polar surface area (TPSA) is 54.1 Å². The number of fused-ring (bicyclic) bond motifs is 3. The van der Waals surface area contributed by atoms with Gasteiger partial charge in [0.05, 0.1) is 0 Å². The Bertz CT molecular complexity index is 865. The van der Waals surface area contributed by atoms with Crippen molar-refractivity contribution in [3.05, 3.63) is 35.0 Å². The van der Waals surface area contributed by atoms with Crippen LogP contribution in [-0.2, 0) is 28.0 Å². The van der Waals surface area contributed by atoms with E-state index in [9.17, 15) is 18.0 Å². The molecule has 0 saturated heterocycles. The summed E-state index contributed by atoms with van der Waals surface area (Å²) in [4.78, 5) is 16.1. The van der Waals surface area contributed by atoms with Crippen LogP contribution in [0.5, 0.6) is 0 Å². The molecule has 2 heterocycles. The monoisotopic (exact) mass is 476 g/mol. The number of rotatable bonds is 8. The van der Waals surface area contributed by atoms with E-state index in [1.54, 1.807) is 0 Å². The number of carbonyl (C=O) groups is 1. The van der Waals surface area contributed by atoms with Gasteiger partial charge in [0, 0.05) is 0 Å². The number of aromatic nitrogens is 1. The van der Waals surface area contributed by atoms with Gasteiger partial charge >= 0.3 is 168 Å². The summed E-state index contributed by atoms with van der Waals surface area (Å²) in [6.45, 7) is 4.92. The van der Waals surface area contributed by atoms with Crippen LogP contribution in [0.25, 0.3) is 10.9 Å².